The molecule has 20 heavy (non-hydrogen) atoms. The molecule has 0 spiro atoms. The molecule has 0 atom stereocenters. The van der Waals surface area contributed by atoms with Gasteiger partial charge in [-0.3, -0.25) is 0 Å². The zero-order valence-corrected chi connectivity index (χ0v) is 11.3. The van der Waals surface area contributed by atoms with Crippen molar-refractivity contribution < 1.29 is 14.3 Å². The van der Waals surface area contributed by atoms with Gasteiger partial charge in [-0.1, -0.05) is 13.0 Å². The Bertz CT molecular complexity index is 557. The minimum atomic E-state index is -1.11. The van der Waals surface area contributed by atoms with Crippen LogP contribution in [0.4, 0.5) is 10.1 Å². The van der Waals surface area contributed by atoms with E-state index in [4.69, 9.17) is 5.26 Å². The molecule has 0 amide bonds. The van der Waals surface area contributed by atoms with Crippen molar-refractivity contribution in [1.29, 1.82) is 5.26 Å². The van der Waals surface area contributed by atoms with Crippen LogP contribution in [0.3, 0.4) is 0 Å². The summed E-state index contributed by atoms with van der Waals surface area (Å²) in [5.74, 6) is -1.09. The summed E-state index contributed by atoms with van der Waals surface area (Å²) in [6.07, 6.45) is 2.56. The number of nitrogens with one attached hydrogen (secondary N) is 1. The Morgan fingerprint density at radius 1 is 1.50 bits per heavy atom. The molecule has 0 aliphatic heterocycles. The highest BCUT2D eigenvalue weighted by Crippen LogP contribution is 2.36. The van der Waals surface area contributed by atoms with Gasteiger partial charge >= 0.3 is 5.97 Å². The molecule has 106 valence electrons. The molecule has 0 aromatic heterocycles. The van der Waals surface area contributed by atoms with Crippen molar-refractivity contribution in [2.75, 3.05) is 5.32 Å². The fraction of sp³-hybridized carbons (Fsp3) is 0.467. The van der Waals surface area contributed by atoms with E-state index < -0.39 is 17.3 Å². The van der Waals surface area contributed by atoms with E-state index in [-0.39, 0.29) is 11.3 Å². The molecule has 1 aliphatic carbocycles. The van der Waals surface area contributed by atoms with Crippen molar-refractivity contribution in [2.45, 2.75) is 38.1 Å². The lowest BCUT2D eigenvalue weighted by atomic mass is 9.77. The molecule has 4 nitrogen and oxygen atoms in total. The van der Waals surface area contributed by atoms with Crippen molar-refractivity contribution in [1.82, 2.24) is 0 Å². The van der Waals surface area contributed by atoms with Gasteiger partial charge in [0.1, 0.15) is 23.0 Å². The van der Waals surface area contributed by atoms with Gasteiger partial charge in [-0.2, -0.15) is 5.26 Å². The van der Waals surface area contributed by atoms with Gasteiger partial charge in [-0.05, 0) is 43.7 Å². The first-order valence-corrected chi connectivity index (χ1v) is 6.69. The summed E-state index contributed by atoms with van der Waals surface area (Å²) >= 11 is 0. The molecule has 0 radical (unpaired) electrons. The minimum absolute atomic E-state index is 0.133. The molecule has 1 aromatic rings. The van der Waals surface area contributed by atoms with Crippen LogP contribution in [0, 0.1) is 23.1 Å². The number of nitrogens with zero attached hydrogens (tertiary/aromatic N) is 1. The number of aliphatic carboxylic acids is 1. The van der Waals surface area contributed by atoms with Crippen molar-refractivity contribution >= 4 is 11.7 Å². The summed E-state index contributed by atoms with van der Waals surface area (Å²) in [4.78, 5) is 11.6. The maximum atomic E-state index is 13.6. The molecule has 1 aromatic carbocycles. The van der Waals surface area contributed by atoms with E-state index >= 15 is 0 Å². The number of carboxylic acids is 1. The van der Waals surface area contributed by atoms with Crippen LogP contribution in [-0.2, 0) is 4.79 Å². The van der Waals surface area contributed by atoms with Gasteiger partial charge in [0.05, 0.1) is 5.69 Å². The number of benzene rings is 1. The van der Waals surface area contributed by atoms with E-state index in [9.17, 15) is 14.3 Å². The number of nitriles is 1. The summed E-state index contributed by atoms with van der Waals surface area (Å²) in [6.45, 7) is 2.09. The SMILES string of the molecule is CC1CCC(Nc2cccc(F)c2C#N)(C(=O)O)CC1. The standard InChI is InChI=1S/C15H17FN2O2/c1-10-5-7-15(8-6-10,14(19)20)18-13-4-2-3-12(16)11(13)9-17/h2-4,10,18H,5-8H2,1H3,(H,19,20). The fourth-order valence-electron chi connectivity index (χ4n) is 2.65. The number of anilines is 1. The molecule has 0 heterocycles. The Morgan fingerprint density at radius 2 is 2.15 bits per heavy atom. The second-order valence-electron chi connectivity index (χ2n) is 5.47. The topological polar surface area (TPSA) is 73.1 Å². The van der Waals surface area contributed by atoms with Crippen LogP contribution in [0.25, 0.3) is 0 Å². The quantitative estimate of drug-likeness (QED) is 0.889. The smallest absolute Gasteiger partial charge is 0.329 e. The zero-order valence-electron chi connectivity index (χ0n) is 11.3. The van der Waals surface area contributed by atoms with E-state index in [2.05, 4.69) is 12.2 Å². The predicted octanol–water partition coefficient (Wildman–Crippen LogP) is 3.14. The highest BCUT2D eigenvalue weighted by molar-refractivity contribution is 5.83. The monoisotopic (exact) mass is 276 g/mol. The molecule has 0 bridgehead atoms. The van der Waals surface area contributed by atoms with Gasteiger partial charge in [0, 0.05) is 0 Å². The molecule has 1 aliphatic rings. The third-order valence-corrected chi connectivity index (χ3v) is 4.04. The van der Waals surface area contributed by atoms with Gasteiger partial charge < -0.3 is 10.4 Å². The number of carboxylic acid groups (broad SMARTS) is 1. The van der Waals surface area contributed by atoms with Crippen LogP contribution in [0.1, 0.15) is 38.2 Å². The van der Waals surface area contributed by atoms with Crippen molar-refractivity contribution in [2.24, 2.45) is 5.92 Å². The van der Waals surface area contributed by atoms with Gasteiger partial charge in [0.2, 0.25) is 0 Å². The summed E-state index contributed by atoms with van der Waals surface area (Å²) in [5, 5.41) is 21.5. The Hall–Kier alpha value is -2.09. The Balaban J connectivity index is 2.33. The van der Waals surface area contributed by atoms with Gasteiger partial charge in [-0.15, -0.1) is 0 Å². The fourth-order valence-corrected chi connectivity index (χ4v) is 2.65. The second-order valence-corrected chi connectivity index (χ2v) is 5.47. The lowest BCUT2D eigenvalue weighted by Crippen LogP contribution is -2.49. The lowest BCUT2D eigenvalue weighted by Gasteiger charge is -2.37. The number of rotatable bonds is 3. The first-order valence-electron chi connectivity index (χ1n) is 6.69. The van der Waals surface area contributed by atoms with Crippen molar-refractivity contribution in [3.63, 3.8) is 0 Å². The summed E-state index contributed by atoms with van der Waals surface area (Å²) in [5.41, 5.74) is -0.984. The molecular formula is C15H17FN2O2. The lowest BCUT2D eigenvalue weighted by molar-refractivity contribution is -0.143. The molecule has 2 rings (SSSR count). The molecule has 1 fully saturated rings. The van der Waals surface area contributed by atoms with Crippen LogP contribution in [0.15, 0.2) is 18.2 Å². The molecule has 1 saturated carbocycles. The Kier molecular flexibility index (Phi) is 3.93. The van der Waals surface area contributed by atoms with Crippen LogP contribution in [-0.4, -0.2) is 16.6 Å². The zero-order chi connectivity index (χ0) is 14.8. The van der Waals surface area contributed by atoms with E-state index in [0.29, 0.717) is 18.8 Å². The average molecular weight is 276 g/mol. The number of hydrogen-bond donors (Lipinski definition) is 2. The van der Waals surface area contributed by atoms with Crippen LogP contribution in [0.5, 0.6) is 0 Å². The van der Waals surface area contributed by atoms with E-state index in [1.54, 1.807) is 12.1 Å². The van der Waals surface area contributed by atoms with Gasteiger partial charge in [0.15, 0.2) is 0 Å². The van der Waals surface area contributed by atoms with E-state index in [1.807, 2.05) is 0 Å². The Labute approximate surface area is 117 Å². The molecule has 2 N–H and O–H groups in total. The first kappa shape index (κ1) is 14.3. The van der Waals surface area contributed by atoms with Crippen molar-refractivity contribution in [3.8, 4) is 6.07 Å². The summed E-state index contributed by atoms with van der Waals surface area (Å²) in [7, 11) is 0. The molecule has 5 heteroatoms. The van der Waals surface area contributed by atoms with Crippen LogP contribution < -0.4 is 5.32 Å². The maximum Gasteiger partial charge on any atom is 0.329 e. The summed E-state index contributed by atoms with van der Waals surface area (Å²) in [6, 6.07) is 6.00. The predicted molar refractivity (Wildman–Crippen MR) is 72.7 cm³/mol. The minimum Gasteiger partial charge on any atom is -0.480 e. The molecule has 0 saturated heterocycles. The number of halogens is 1. The highest BCUT2D eigenvalue weighted by Gasteiger charge is 2.41. The molecule has 0 unspecified atom stereocenters. The summed E-state index contributed by atoms with van der Waals surface area (Å²) < 4.78 is 13.6. The first-order chi connectivity index (χ1) is 9.48. The van der Waals surface area contributed by atoms with Gasteiger partial charge in [0.25, 0.3) is 0 Å². The van der Waals surface area contributed by atoms with Crippen LogP contribution >= 0.6 is 0 Å². The average Bonchev–Trinajstić information content (AvgIpc) is 2.41. The van der Waals surface area contributed by atoms with Crippen molar-refractivity contribution in [3.05, 3.63) is 29.6 Å². The third-order valence-electron chi connectivity index (χ3n) is 4.04. The second kappa shape index (κ2) is 5.49. The van der Waals surface area contributed by atoms with E-state index in [0.717, 1.165) is 12.8 Å². The Morgan fingerprint density at radius 3 is 2.70 bits per heavy atom. The van der Waals surface area contributed by atoms with E-state index in [1.165, 1.54) is 12.1 Å². The largest absolute Gasteiger partial charge is 0.480 e. The van der Waals surface area contributed by atoms with Gasteiger partial charge in [-0.25, -0.2) is 9.18 Å². The molecular weight excluding hydrogens is 259 g/mol. The number of carbonyl (C=O) groups is 1. The number of hydrogen-bond acceptors (Lipinski definition) is 3. The maximum absolute atomic E-state index is 13.6. The van der Waals surface area contributed by atoms with Crippen LogP contribution in [0.2, 0.25) is 0 Å². The third kappa shape index (κ3) is 2.60. The normalized spacial score (nSPS) is 25.8. The highest BCUT2D eigenvalue weighted by atomic mass is 19.1.